The van der Waals surface area contributed by atoms with Gasteiger partial charge in [-0.25, -0.2) is 0 Å². The quantitative estimate of drug-likeness (QED) is 0.643. The van der Waals surface area contributed by atoms with Gasteiger partial charge in [-0.3, -0.25) is 9.69 Å². The summed E-state index contributed by atoms with van der Waals surface area (Å²) in [4.78, 5) is 20.1. The fourth-order valence-corrected chi connectivity index (χ4v) is 4.81. The van der Waals surface area contributed by atoms with Crippen molar-refractivity contribution in [1.82, 2.24) is 4.90 Å². The van der Waals surface area contributed by atoms with E-state index in [1.807, 2.05) is 35.2 Å². The van der Waals surface area contributed by atoms with Crippen LogP contribution in [-0.4, -0.2) is 63.3 Å². The molecular formula is C26H34ClN3O3. The van der Waals surface area contributed by atoms with E-state index in [1.54, 1.807) is 14.2 Å². The number of nitrogens with zero attached hydrogens (tertiary/aromatic N) is 3. The Morgan fingerprint density at radius 1 is 0.939 bits per heavy atom. The molecule has 2 heterocycles. The highest BCUT2D eigenvalue weighted by Gasteiger charge is 2.36. The van der Waals surface area contributed by atoms with Gasteiger partial charge in [0.25, 0.3) is 0 Å². The third-order valence-corrected chi connectivity index (χ3v) is 6.43. The maximum absolute atomic E-state index is 13.5. The maximum Gasteiger partial charge on any atom is 0.241 e. The van der Waals surface area contributed by atoms with Crippen molar-refractivity contribution in [1.29, 1.82) is 0 Å². The van der Waals surface area contributed by atoms with Crippen LogP contribution in [0.4, 0.5) is 11.4 Å². The Bertz CT molecular complexity index is 1010. The van der Waals surface area contributed by atoms with Crippen molar-refractivity contribution in [3.8, 4) is 11.5 Å². The Kier molecular flexibility index (Phi) is 7.60. The number of fused-ring (bicyclic) bond motifs is 1. The number of carbonyl (C=O) groups excluding carboxylic acids is 1. The van der Waals surface area contributed by atoms with E-state index in [9.17, 15) is 4.79 Å². The van der Waals surface area contributed by atoms with Crippen molar-refractivity contribution in [2.75, 3.05) is 56.7 Å². The van der Waals surface area contributed by atoms with E-state index in [-0.39, 0.29) is 23.9 Å². The molecule has 0 bridgehead atoms. The zero-order chi connectivity index (χ0) is 22.9. The Morgan fingerprint density at radius 2 is 1.55 bits per heavy atom. The molecule has 2 aromatic rings. The van der Waals surface area contributed by atoms with E-state index in [4.69, 9.17) is 9.47 Å². The SMILES string of the molecule is COc1ccc(N2CCN(CC(=O)N3c4ccc(OC)cc4C(C)=CC3(C)C)CC2)cc1.Cl. The van der Waals surface area contributed by atoms with Gasteiger partial charge in [0.05, 0.1) is 32.0 Å². The highest BCUT2D eigenvalue weighted by atomic mass is 35.5. The first-order valence-electron chi connectivity index (χ1n) is 11.1. The molecule has 0 saturated carbocycles. The summed E-state index contributed by atoms with van der Waals surface area (Å²) in [5.41, 5.74) is 3.99. The number of hydrogen-bond acceptors (Lipinski definition) is 5. The van der Waals surface area contributed by atoms with Crippen molar-refractivity contribution in [2.24, 2.45) is 0 Å². The number of benzene rings is 2. The van der Waals surface area contributed by atoms with E-state index in [2.05, 4.69) is 48.8 Å². The second-order valence-corrected chi connectivity index (χ2v) is 9.05. The summed E-state index contributed by atoms with van der Waals surface area (Å²) < 4.78 is 10.7. The van der Waals surface area contributed by atoms with E-state index in [1.165, 1.54) is 11.3 Å². The average molecular weight is 472 g/mol. The number of hydrogen-bond donors (Lipinski definition) is 0. The van der Waals surface area contributed by atoms with Gasteiger partial charge in [0.1, 0.15) is 11.5 Å². The monoisotopic (exact) mass is 471 g/mol. The smallest absolute Gasteiger partial charge is 0.241 e. The van der Waals surface area contributed by atoms with Crippen molar-refractivity contribution in [2.45, 2.75) is 26.3 Å². The molecule has 2 aliphatic heterocycles. The van der Waals surface area contributed by atoms with Crippen LogP contribution in [0.2, 0.25) is 0 Å². The number of amides is 1. The molecule has 7 heteroatoms. The largest absolute Gasteiger partial charge is 0.497 e. The van der Waals surface area contributed by atoms with Gasteiger partial charge >= 0.3 is 0 Å². The average Bonchev–Trinajstić information content (AvgIpc) is 2.79. The van der Waals surface area contributed by atoms with Crippen LogP contribution in [0.1, 0.15) is 26.3 Å². The predicted octanol–water partition coefficient (Wildman–Crippen LogP) is 4.48. The minimum atomic E-state index is -0.381. The standard InChI is InChI=1S/C26H33N3O3.ClH/c1-19-17-26(2,3)29(24-11-10-22(32-5)16-23(19)24)25(30)18-27-12-14-28(15-13-27)20-6-8-21(31-4)9-7-20;/h6-11,16-17H,12-15,18H2,1-5H3;1H. The van der Waals surface area contributed by atoms with Gasteiger partial charge in [0, 0.05) is 37.4 Å². The minimum absolute atomic E-state index is 0. The number of ether oxygens (including phenoxy) is 2. The summed E-state index contributed by atoms with van der Waals surface area (Å²) in [6, 6.07) is 14.1. The molecule has 6 nitrogen and oxygen atoms in total. The second-order valence-electron chi connectivity index (χ2n) is 9.05. The first-order chi connectivity index (χ1) is 15.3. The normalized spacial score (nSPS) is 17.5. The molecule has 0 aliphatic carbocycles. The van der Waals surface area contributed by atoms with E-state index in [0.717, 1.165) is 48.9 Å². The molecule has 33 heavy (non-hydrogen) atoms. The van der Waals surface area contributed by atoms with Gasteiger partial charge in [-0.05, 0) is 68.8 Å². The zero-order valence-corrected chi connectivity index (χ0v) is 20.9. The Morgan fingerprint density at radius 3 is 2.15 bits per heavy atom. The van der Waals surface area contributed by atoms with Gasteiger partial charge in [-0.2, -0.15) is 0 Å². The van der Waals surface area contributed by atoms with Crippen LogP contribution in [0, 0.1) is 0 Å². The van der Waals surface area contributed by atoms with Gasteiger partial charge in [-0.15, -0.1) is 12.4 Å². The molecule has 0 radical (unpaired) electrons. The Labute approximate surface area is 203 Å². The number of carbonyl (C=O) groups is 1. The number of anilines is 2. The number of piperazine rings is 1. The molecule has 1 amide bonds. The fourth-order valence-electron chi connectivity index (χ4n) is 4.81. The third kappa shape index (κ3) is 5.12. The van der Waals surface area contributed by atoms with Gasteiger partial charge < -0.3 is 19.3 Å². The Hall–Kier alpha value is -2.70. The lowest BCUT2D eigenvalue weighted by molar-refractivity contribution is -0.120. The van der Waals surface area contributed by atoms with Gasteiger partial charge in [0.15, 0.2) is 0 Å². The summed E-state index contributed by atoms with van der Waals surface area (Å²) in [5.74, 6) is 1.80. The molecule has 1 fully saturated rings. The molecule has 0 spiro atoms. The molecule has 0 N–H and O–H groups in total. The maximum atomic E-state index is 13.5. The molecule has 0 unspecified atom stereocenters. The molecular weight excluding hydrogens is 438 g/mol. The molecule has 2 aromatic carbocycles. The first kappa shape index (κ1) is 24.9. The topological polar surface area (TPSA) is 45.2 Å². The molecule has 2 aliphatic rings. The molecule has 1 saturated heterocycles. The van der Waals surface area contributed by atoms with Gasteiger partial charge in [-0.1, -0.05) is 6.08 Å². The highest BCUT2D eigenvalue weighted by Crippen LogP contribution is 2.40. The molecule has 4 rings (SSSR count). The number of allylic oxidation sites excluding steroid dienone is 1. The van der Waals surface area contributed by atoms with E-state index in [0.29, 0.717) is 6.54 Å². The summed E-state index contributed by atoms with van der Waals surface area (Å²) in [7, 11) is 3.35. The van der Waals surface area contributed by atoms with E-state index < -0.39 is 0 Å². The van der Waals surface area contributed by atoms with Crippen LogP contribution in [0.3, 0.4) is 0 Å². The lowest BCUT2D eigenvalue weighted by atomic mass is 9.88. The van der Waals surface area contributed by atoms with Crippen LogP contribution in [0.15, 0.2) is 48.5 Å². The summed E-state index contributed by atoms with van der Waals surface area (Å²) >= 11 is 0. The second kappa shape index (κ2) is 10.1. The van der Waals surface area contributed by atoms with Crippen molar-refractivity contribution >= 4 is 35.3 Å². The summed E-state index contributed by atoms with van der Waals surface area (Å²) in [6.45, 7) is 10.2. The van der Waals surface area contributed by atoms with Crippen molar-refractivity contribution < 1.29 is 14.3 Å². The van der Waals surface area contributed by atoms with Gasteiger partial charge in [0.2, 0.25) is 5.91 Å². The lowest BCUT2D eigenvalue weighted by Gasteiger charge is -2.43. The van der Waals surface area contributed by atoms with E-state index >= 15 is 0 Å². The number of methoxy groups -OCH3 is 2. The predicted molar refractivity (Wildman–Crippen MR) is 137 cm³/mol. The first-order valence-corrected chi connectivity index (χ1v) is 11.1. The van der Waals surface area contributed by atoms with Crippen LogP contribution < -0.4 is 19.3 Å². The summed E-state index contributed by atoms with van der Waals surface area (Å²) in [5, 5.41) is 0. The van der Waals surface area contributed by atoms with Crippen LogP contribution in [0.5, 0.6) is 11.5 Å². The molecule has 0 atom stereocenters. The third-order valence-electron chi connectivity index (χ3n) is 6.43. The van der Waals surface area contributed by atoms with Crippen molar-refractivity contribution in [3.05, 3.63) is 54.1 Å². The molecule has 0 aromatic heterocycles. The van der Waals surface area contributed by atoms with Crippen LogP contribution in [-0.2, 0) is 4.79 Å². The molecule has 178 valence electrons. The zero-order valence-electron chi connectivity index (χ0n) is 20.1. The Balaban J connectivity index is 0.00000306. The summed E-state index contributed by atoms with van der Waals surface area (Å²) in [6.07, 6.45) is 2.17. The van der Waals surface area contributed by atoms with Crippen LogP contribution in [0.25, 0.3) is 5.57 Å². The van der Waals surface area contributed by atoms with Crippen molar-refractivity contribution in [3.63, 3.8) is 0 Å². The minimum Gasteiger partial charge on any atom is -0.497 e. The van der Waals surface area contributed by atoms with Crippen LogP contribution >= 0.6 is 12.4 Å². The number of rotatable bonds is 5. The number of halogens is 1. The fraction of sp³-hybridized carbons (Fsp3) is 0.423. The highest BCUT2D eigenvalue weighted by molar-refractivity contribution is 6.01. The lowest BCUT2D eigenvalue weighted by Crippen LogP contribution is -2.55.